The summed E-state index contributed by atoms with van der Waals surface area (Å²) in [7, 11) is 1.73. The summed E-state index contributed by atoms with van der Waals surface area (Å²) < 4.78 is 5.67. The van der Waals surface area contributed by atoms with Gasteiger partial charge in [0, 0.05) is 23.7 Å². The first-order valence-corrected chi connectivity index (χ1v) is 11.7. The Morgan fingerprint density at radius 2 is 2.10 bits per heavy atom. The lowest BCUT2D eigenvalue weighted by atomic mass is 9.87. The van der Waals surface area contributed by atoms with Gasteiger partial charge in [0.2, 0.25) is 0 Å². The minimum absolute atomic E-state index is 0.634. The molecule has 2 N–H and O–H groups in total. The molecular weight excluding hydrogens is 370 g/mol. The molecule has 0 fully saturated rings. The minimum Gasteiger partial charge on any atom is -0.494 e. The third-order valence-corrected chi connectivity index (χ3v) is 6.42. The van der Waals surface area contributed by atoms with E-state index in [0.29, 0.717) is 5.92 Å². The first kappa shape index (κ1) is 20.8. The van der Waals surface area contributed by atoms with Crippen molar-refractivity contribution >= 4 is 11.8 Å². The van der Waals surface area contributed by atoms with Crippen molar-refractivity contribution in [1.29, 1.82) is 0 Å². The molecule has 4 rings (SSSR count). The lowest BCUT2D eigenvalue weighted by molar-refractivity contribution is 0.303. The van der Waals surface area contributed by atoms with E-state index in [1.807, 2.05) is 24.4 Å². The predicted molar refractivity (Wildman–Crippen MR) is 125 cm³/mol. The third-order valence-electron chi connectivity index (χ3n) is 6.42. The number of aromatic nitrogens is 2. The van der Waals surface area contributed by atoms with E-state index in [0.717, 1.165) is 29.3 Å². The second kappa shape index (κ2) is 10.0. The van der Waals surface area contributed by atoms with Crippen LogP contribution in [0.4, 0.5) is 0 Å². The van der Waals surface area contributed by atoms with E-state index >= 15 is 0 Å². The molecule has 1 unspecified atom stereocenters. The van der Waals surface area contributed by atoms with E-state index in [2.05, 4.69) is 29.0 Å². The maximum Gasteiger partial charge on any atom is 0.146 e. The standard InChI is InChI=1S/C26H35N3O/c1-3-4-7-11-19-12-8-5-6-9-13-20-16-21(19)23(28-20)17-25-26(30-2)18-24(29-25)22-14-10-15-27-22/h10,14-19,27-28H,3-9,11-13H2,1-2H3/b25-17-. The highest BCUT2D eigenvalue weighted by atomic mass is 16.5. The van der Waals surface area contributed by atoms with Gasteiger partial charge in [0.05, 0.1) is 18.5 Å². The van der Waals surface area contributed by atoms with Gasteiger partial charge in [-0.1, -0.05) is 45.4 Å². The summed E-state index contributed by atoms with van der Waals surface area (Å²) in [6.45, 7) is 2.29. The fourth-order valence-electron chi connectivity index (χ4n) is 4.74. The van der Waals surface area contributed by atoms with Gasteiger partial charge in [0.1, 0.15) is 11.5 Å². The van der Waals surface area contributed by atoms with Gasteiger partial charge in [-0.2, -0.15) is 0 Å². The van der Waals surface area contributed by atoms with Crippen LogP contribution in [0.1, 0.15) is 93.3 Å². The summed E-state index contributed by atoms with van der Waals surface area (Å²) in [6.07, 6.45) is 19.1. The lowest BCUT2D eigenvalue weighted by Crippen LogP contribution is -2.01. The van der Waals surface area contributed by atoms with Gasteiger partial charge in [-0.15, -0.1) is 0 Å². The number of nitrogens with zero attached hydrogens (tertiary/aromatic N) is 1. The summed E-state index contributed by atoms with van der Waals surface area (Å²) in [5.41, 5.74) is 6.92. The zero-order valence-electron chi connectivity index (χ0n) is 18.5. The SMILES string of the molecule is CCCCCC1CCCCCCc2cc1c(/C=C1\N=C(c3ccc[nH]3)C=C1OC)[nH]2. The van der Waals surface area contributed by atoms with Crippen molar-refractivity contribution in [1.82, 2.24) is 9.97 Å². The maximum atomic E-state index is 5.67. The highest BCUT2D eigenvalue weighted by Crippen LogP contribution is 2.35. The lowest BCUT2D eigenvalue weighted by Gasteiger charge is -2.18. The van der Waals surface area contributed by atoms with Crippen molar-refractivity contribution in [2.24, 2.45) is 4.99 Å². The fourth-order valence-corrected chi connectivity index (χ4v) is 4.74. The first-order chi connectivity index (χ1) is 14.8. The number of hydrogen-bond acceptors (Lipinski definition) is 2. The van der Waals surface area contributed by atoms with Crippen LogP contribution in [0.3, 0.4) is 0 Å². The molecule has 0 aromatic carbocycles. The molecule has 0 saturated carbocycles. The monoisotopic (exact) mass is 405 g/mol. The average molecular weight is 406 g/mol. The Kier molecular flexibility index (Phi) is 6.93. The van der Waals surface area contributed by atoms with Crippen molar-refractivity contribution in [3.8, 4) is 0 Å². The van der Waals surface area contributed by atoms with E-state index in [1.165, 1.54) is 74.7 Å². The van der Waals surface area contributed by atoms with Crippen molar-refractivity contribution in [3.63, 3.8) is 0 Å². The zero-order valence-corrected chi connectivity index (χ0v) is 18.5. The molecule has 4 nitrogen and oxygen atoms in total. The topological polar surface area (TPSA) is 53.2 Å². The number of aliphatic imine (C=N–C) groups is 1. The number of nitrogens with one attached hydrogen (secondary N) is 2. The van der Waals surface area contributed by atoms with E-state index in [9.17, 15) is 0 Å². The number of hydrogen-bond donors (Lipinski definition) is 2. The molecule has 2 aromatic heterocycles. The predicted octanol–water partition coefficient (Wildman–Crippen LogP) is 6.89. The highest BCUT2D eigenvalue weighted by Gasteiger charge is 2.21. The van der Waals surface area contributed by atoms with E-state index in [1.54, 1.807) is 7.11 Å². The van der Waals surface area contributed by atoms with E-state index in [-0.39, 0.29) is 0 Å². The second-order valence-electron chi connectivity index (χ2n) is 8.63. The summed E-state index contributed by atoms with van der Waals surface area (Å²) >= 11 is 0. The largest absolute Gasteiger partial charge is 0.494 e. The van der Waals surface area contributed by atoms with Crippen LogP contribution in [0.25, 0.3) is 6.08 Å². The minimum atomic E-state index is 0.634. The fraction of sp³-hybridized carbons (Fsp3) is 0.500. The molecule has 0 saturated heterocycles. The van der Waals surface area contributed by atoms with Gasteiger partial charge >= 0.3 is 0 Å². The molecule has 0 radical (unpaired) electrons. The van der Waals surface area contributed by atoms with Crippen LogP contribution >= 0.6 is 0 Å². The molecule has 30 heavy (non-hydrogen) atoms. The Bertz CT molecular complexity index is 914. The number of methoxy groups -OCH3 is 1. The second-order valence-corrected chi connectivity index (χ2v) is 8.63. The van der Waals surface area contributed by atoms with Crippen molar-refractivity contribution in [3.05, 3.63) is 64.6 Å². The number of ether oxygens (including phenoxy) is 1. The number of unbranched alkanes of at least 4 members (excludes halogenated alkanes) is 2. The molecule has 2 aromatic rings. The van der Waals surface area contributed by atoms with Gasteiger partial charge < -0.3 is 14.7 Å². The van der Waals surface area contributed by atoms with Crippen LogP contribution in [0.2, 0.25) is 0 Å². The summed E-state index contributed by atoms with van der Waals surface area (Å²) in [4.78, 5) is 11.9. The number of rotatable bonds is 7. The summed E-state index contributed by atoms with van der Waals surface area (Å²) in [6, 6.07) is 6.48. The van der Waals surface area contributed by atoms with Crippen LogP contribution in [0.15, 0.2) is 46.9 Å². The molecule has 2 aliphatic rings. The van der Waals surface area contributed by atoms with Crippen LogP contribution in [-0.4, -0.2) is 22.8 Å². The molecule has 3 heterocycles. The van der Waals surface area contributed by atoms with Gasteiger partial charge in [0.15, 0.2) is 0 Å². The van der Waals surface area contributed by atoms with E-state index < -0.39 is 0 Å². The molecule has 4 heteroatoms. The summed E-state index contributed by atoms with van der Waals surface area (Å²) in [5.74, 6) is 1.46. The Morgan fingerprint density at radius 1 is 1.20 bits per heavy atom. The average Bonchev–Trinajstić information content (AvgIpc) is 3.49. The summed E-state index contributed by atoms with van der Waals surface area (Å²) in [5, 5.41) is 0. The number of fused-ring (bicyclic) bond motifs is 2. The number of allylic oxidation sites excluding steroid dienone is 1. The van der Waals surface area contributed by atoms with Gasteiger partial charge in [-0.05, 0) is 61.4 Å². The van der Waals surface area contributed by atoms with Gasteiger partial charge in [-0.3, -0.25) is 0 Å². The smallest absolute Gasteiger partial charge is 0.146 e. The molecule has 1 atom stereocenters. The van der Waals surface area contributed by atoms with Gasteiger partial charge in [-0.25, -0.2) is 4.99 Å². The van der Waals surface area contributed by atoms with Crippen LogP contribution in [-0.2, 0) is 11.2 Å². The van der Waals surface area contributed by atoms with Crippen LogP contribution in [0, 0.1) is 0 Å². The zero-order chi connectivity index (χ0) is 20.8. The van der Waals surface area contributed by atoms with Crippen molar-refractivity contribution < 1.29 is 4.74 Å². The van der Waals surface area contributed by atoms with Crippen molar-refractivity contribution in [2.45, 2.75) is 77.0 Å². The molecule has 0 amide bonds. The van der Waals surface area contributed by atoms with E-state index in [4.69, 9.17) is 9.73 Å². The Labute approximate surface area is 180 Å². The number of H-pyrrole nitrogens is 2. The molecule has 1 aliphatic heterocycles. The van der Waals surface area contributed by atoms with Crippen LogP contribution in [0.5, 0.6) is 0 Å². The molecule has 2 bridgehead atoms. The van der Waals surface area contributed by atoms with Crippen LogP contribution < -0.4 is 0 Å². The number of aryl methyl sites for hydroxylation is 1. The third kappa shape index (κ3) is 4.80. The highest BCUT2D eigenvalue weighted by molar-refractivity contribution is 6.11. The molecular formula is C26H35N3O. The Hall–Kier alpha value is -2.49. The first-order valence-electron chi connectivity index (χ1n) is 11.7. The molecule has 0 spiro atoms. The van der Waals surface area contributed by atoms with Crippen molar-refractivity contribution in [2.75, 3.05) is 7.11 Å². The Balaban J connectivity index is 1.67. The van der Waals surface area contributed by atoms with Gasteiger partial charge in [0.25, 0.3) is 0 Å². The maximum absolute atomic E-state index is 5.67. The normalized spacial score (nSPS) is 20.9. The quantitative estimate of drug-likeness (QED) is 0.484. The molecule has 160 valence electrons. The Morgan fingerprint density at radius 3 is 2.90 bits per heavy atom. The number of aromatic amines is 2. The molecule has 1 aliphatic carbocycles.